The fourth-order valence-corrected chi connectivity index (χ4v) is 2.55. The fourth-order valence-electron chi connectivity index (χ4n) is 2.55. The summed E-state index contributed by atoms with van der Waals surface area (Å²) in [6, 6.07) is -0.0000926. The van der Waals surface area contributed by atoms with Crippen LogP contribution in [0.25, 0.3) is 0 Å². The molecule has 1 heterocycles. The molecule has 1 aliphatic heterocycles. The van der Waals surface area contributed by atoms with Crippen molar-refractivity contribution >= 4 is 5.91 Å². The summed E-state index contributed by atoms with van der Waals surface area (Å²) >= 11 is 0. The van der Waals surface area contributed by atoms with Gasteiger partial charge in [-0.25, -0.2) is 0 Å². The minimum Gasteiger partial charge on any atom is -0.344 e. The van der Waals surface area contributed by atoms with Gasteiger partial charge in [0.05, 0.1) is 6.04 Å². The van der Waals surface area contributed by atoms with Crippen molar-refractivity contribution in [2.45, 2.75) is 32.7 Å². The SMILES string of the molecule is CCCN1CC(C)CN(C)C(=O)C1CCN. The highest BCUT2D eigenvalue weighted by molar-refractivity contribution is 5.82. The molecule has 16 heavy (non-hydrogen) atoms. The normalized spacial score (nSPS) is 28.2. The van der Waals surface area contributed by atoms with Crippen LogP contribution in [0.2, 0.25) is 0 Å². The van der Waals surface area contributed by atoms with Gasteiger partial charge in [-0.1, -0.05) is 13.8 Å². The van der Waals surface area contributed by atoms with Crippen LogP contribution in [-0.2, 0) is 4.79 Å². The van der Waals surface area contributed by atoms with Crippen LogP contribution in [0, 0.1) is 5.92 Å². The molecule has 1 saturated heterocycles. The minimum atomic E-state index is -0.0000926. The highest BCUT2D eigenvalue weighted by Crippen LogP contribution is 2.16. The third-order valence-corrected chi connectivity index (χ3v) is 3.18. The van der Waals surface area contributed by atoms with E-state index in [2.05, 4.69) is 18.7 Å². The van der Waals surface area contributed by atoms with Crippen LogP contribution in [0.1, 0.15) is 26.7 Å². The van der Waals surface area contributed by atoms with Gasteiger partial charge in [-0.15, -0.1) is 0 Å². The molecular formula is C12H25N3O. The van der Waals surface area contributed by atoms with E-state index in [1.807, 2.05) is 11.9 Å². The van der Waals surface area contributed by atoms with Crippen molar-refractivity contribution in [1.29, 1.82) is 0 Å². The van der Waals surface area contributed by atoms with E-state index in [1.165, 1.54) is 0 Å². The highest BCUT2D eigenvalue weighted by atomic mass is 16.2. The number of likely N-dealkylation sites (N-methyl/N-ethyl adjacent to an activating group) is 1. The fraction of sp³-hybridized carbons (Fsp3) is 0.917. The molecule has 1 fully saturated rings. The van der Waals surface area contributed by atoms with Gasteiger partial charge in [0, 0.05) is 20.1 Å². The molecule has 94 valence electrons. The molecule has 2 N–H and O–H groups in total. The third-order valence-electron chi connectivity index (χ3n) is 3.18. The van der Waals surface area contributed by atoms with Gasteiger partial charge in [0.25, 0.3) is 0 Å². The Morgan fingerprint density at radius 2 is 2.12 bits per heavy atom. The second-order valence-corrected chi connectivity index (χ2v) is 4.91. The van der Waals surface area contributed by atoms with Gasteiger partial charge < -0.3 is 10.6 Å². The van der Waals surface area contributed by atoms with Crippen LogP contribution in [0.15, 0.2) is 0 Å². The molecule has 0 aromatic rings. The first-order valence-corrected chi connectivity index (χ1v) is 6.29. The molecule has 0 aromatic heterocycles. The Hall–Kier alpha value is -0.610. The van der Waals surface area contributed by atoms with E-state index in [-0.39, 0.29) is 11.9 Å². The average molecular weight is 227 g/mol. The van der Waals surface area contributed by atoms with Gasteiger partial charge in [0.1, 0.15) is 0 Å². The predicted molar refractivity (Wildman–Crippen MR) is 66.1 cm³/mol. The quantitative estimate of drug-likeness (QED) is 0.762. The Morgan fingerprint density at radius 3 is 2.69 bits per heavy atom. The van der Waals surface area contributed by atoms with Crippen molar-refractivity contribution in [3.05, 3.63) is 0 Å². The molecule has 1 rings (SSSR count). The number of hydrogen-bond donors (Lipinski definition) is 1. The van der Waals surface area contributed by atoms with E-state index in [1.54, 1.807) is 0 Å². The maximum atomic E-state index is 12.2. The molecule has 0 radical (unpaired) electrons. The van der Waals surface area contributed by atoms with Crippen LogP contribution in [0.5, 0.6) is 0 Å². The molecule has 2 unspecified atom stereocenters. The number of carbonyl (C=O) groups excluding carboxylic acids is 1. The first-order valence-electron chi connectivity index (χ1n) is 6.29. The van der Waals surface area contributed by atoms with Crippen molar-refractivity contribution < 1.29 is 4.79 Å². The Bertz CT molecular complexity index is 232. The van der Waals surface area contributed by atoms with Gasteiger partial charge in [-0.2, -0.15) is 0 Å². The minimum absolute atomic E-state index is 0.0000926. The Balaban J connectivity index is 2.80. The highest BCUT2D eigenvalue weighted by Gasteiger charge is 2.32. The van der Waals surface area contributed by atoms with Gasteiger partial charge in [0.2, 0.25) is 5.91 Å². The zero-order valence-corrected chi connectivity index (χ0v) is 10.8. The molecular weight excluding hydrogens is 202 g/mol. The zero-order valence-electron chi connectivity index (χ0n) is 10.8. The van der Waals surface area contributed by atoms with Crippen LogP contribution in [0.4, 0.5) is 0 Å². The van der Waals surface area contributed by atoms with Crippen molar-refractivity contribution in [2.75, 3.05) is 33.2 Å². The Morgan fingerprint density at radius 1 is 1.44 bits per heavy atom. The first-order chi connectivity index (χ1) is 7.60. The van der Waals surface area contributed by atoms with E-state index >= 15 is 0 Å². The Kier molecular flexibility index (Phi) is 5.22. The molecule has 0 aliphatic carbocycles. The molecule has 0 aromatic carbocycles. The zero-order chi connectivity index (χ0) is 12.1. The standard InChI is InChI=1S/C12H25N3O/c1-4-7-15-9-10(2)8-14(3)12(16)11(15)5-6-13/h10-11H,4-9,13H2,1-3H3. The second-order valence-electron chi connectivity index (χ2n) is 4.91. The molecule has 0 saturated carbocycles. The lowest BCUT2D eigenvalue weighted by molar-refractivity contribution is -0.134. The summed E-state index contributed by atoms with van der Waals surface area (Å²) in [5, 5.41) is 0. The van der Waals surface area contributed by atoms with E-state index < -0.39 is 0 Å². The van der Waals surface area contributed by atoms with E-state index in [0.29, 0.717) is 12.5 Å². The molecule has 0 spiro atoms. The number of nitrogens with zero attached hydrogens (tertiary/aromatic N) is 2. The lowest BCUT2D eigenvalue weighted by Gasteiger charge is -2.29. The summed E-state index contributed by atoms with van der Waals surface area (Å²) in [6.07, 6.45) is 1.86. The number of amides is 1. The van der Waals surface area contributed by atoms with Crippen molar-refractivity contribution in [2.24, 2.45) is 11.7 Å². The predicted octanol–water partition coefficient (Wildman–Crippen LogP) is 0.524. The maximum Gasteiger partial charge on any atom is 0.239 e. The monoisotopic (exact) mass is 227 g/mol. The maximum absolute atomic E-state index is 12.2. The van der Waals surface area contributed by atoms with E-state index in [0.717, 1.165) is 32.5 Å². The molecule has 4 nitrogen and oxygen atoms in total. The van der Waals surface area contributed by atoms with Gasteiger partial charge in [0.15, 0.2) is 0 Å². The van der Waals surface area contributed by atoms with E-state index in [9.17, 15) is 4.79 Å². The molecule has 1 amide bonds. The third kappa shape index (κ3) is 3.19. The lowest BCUT2D eigenvalue weighted by Crippen LogP contribution is -2.46. The summed E-state index contributed by atoms with van der Waals surface area (Å²) in [7, 11) is 1.90. The van der Waals surface area contributed by atoms with Crippen LogP contribution < -0.4 is 5.73 Å². The summed E-state index contributed by atoms with van der Waals surface area (Å²) in [5.41, 5.74) is 5.61. The summed E-state index contributed by atoms with van der Waals surface area (Å²) in [6.45, 7) is 7.81. The summed E-state index contributed by atoms with van der Waals surface area (Å²) in [5.74, 6) is 0.784. The molecule has 4 heteroatoms. The van der Waals surface area contributed by atoms with Crippen molar-refractivity contribution in [1.82, 2.24) is 9.80 Å². The van der Waals surface area contributed by atoms with Gasteiger partial charge >= 0.3 is 0 Å². The van der Waals surface area contributed by atoms with Crippen molar-refractivity contribution in [3.8, 4) is 0 Å². The number of nitrogens with two attached hydrogens (primary N) is 1. The lowest BCUT2D eigenvalue weighted by atomic mass is 10.1. The summed E-state index contributed by atoms with van der Waals surface area (Å²) in [4.78, 5) is 16.4. The molecule has 1 aliphatic rings. The van der Waals surface area contributed by atoms with Crippen LogP contribution in [0.3, 0.4) is 0 Å². The van der Waals surface area contributed by atoms with Crippen LogP contribution in [-0.4, -0.2) is 55.0 Å². The van der Waals surface area contributed by atoms with Gasteiger partial charge in [-0.3, -0.25) is 9.69 Å². The largest absolute Gasteiger partial charge is 0.344 e. The molecule has 0 bridgehead atoms. The second kappa shape index (κ2) is 6.21. The van der Waals surface area contributed by atoms with E-state index in [4.69, 9.17) is 5.73 Å². The van der Waals surface area contributed by atoms with Gasteiger partial charge in [-0.05, 0) is 31.8 Å². The van der Waals surface area contributed by atoms with Crippen LogP contribution >= 0.6 is 0 Å². The number of hydrogen-bond acceptors (Lipinski definition) is 3. The molecule has 2 atom stereocenters. The topological polar surface area (TPSA) is 49.6 Å². The first kappa shape index (κ1) is 13.5. The number of rotatable bonds is 4. The number of carbonyl (C=O) groups is 1. The smallest absolute Gasteiger partial charge is 0.239 e. The van der Waals surface area contributed by atoms with Crippen molar-refractivity contribution in [3.63, 3.8) is 0 Å². The summed E-state index contributed by atoms with van der Waals surface area (Å²) < 4.78 is 0. The Labute approximate surface area is 98.8 Å². The average Bonchev–Trinajstić information content (AvgIpc) is 2.32.